The standard InChI is InChI=1S/C13H15ClN4O/c1-7-5-4-6-9(10(7)14)13(19)16-12-11(15)8(2)17-18(12)3/h4-6H,15H2,1-3H3,(H,16,19). The van der Waals surface area contributed by atoms with Gasteiger partial charge in [0.2, 0.25) is 0 Å². The fourth-order valence-electron chi connectivity index (χ4n) is 1.82. The Morgan fingerprint density at radius 1 is 1.42 bits per heavy atom. The number of aryl methyl sites for hydroxylation is 3. The average Bonchev–Trinajstić information content (AvgIpc) is 2.59. The molecule has 0 fully saturated rings. The number of amides is 1. The number of nitrogens with two attached hydrogens (primary N) is 1. The molecule has 0 saturated heterocycles. The maximum absolute atomic E-state index is 12.2. The third-order valence-corrected chi connectivity index (χ3v) is 3.44. The second kappa shape index (κ2) is 4.93. The van der Waals surface area contributed by atoms with E-state index in [2.05, 4.69) is 10.4 Å². The van der Waals surface area contributed by atoms with Crippen LogP contribution >= 0.6 is 11.6 Å². The first-order valence-corrected chi connectivity index (χ1v) is 6.15. The molecule has 0 radical (unpaired) electrons. The number of hydrogen-bond acceptors (Lipinski definition) is 3. The SMILES string of the molecule is Cc1cccc(C(=O)Nc2c(N)c(C)nn2C)c1Cl. The van der Waals surface area contributed by atoms with Gasteiger partial charge in [-0.1, -0.05) is 23.7 Å². The first-order chi connectivity index (χ1) is 8.91. The molecule has 100 valence electrons. The molecule has 1 heterocycles. The summed E-state index contributed by atoms with van der Waals surface area (Å²) in [6.45, 7) is 3.63. The van der Waals surface area contributed by atoms with Gasteiger partial charge in [0, 0.05) is 7.05 Å². The molecule has 6 heteroatoms. The summed E-state index contributed by atoms with van der Waals surface area (Å²) in [6, 6.07) is 5.31. The van der Waals surface area contributed by atoms with Crippen molar-refractivity contribution in [3.63, 3.8) is 0 Å². The van der Waals surface area contributed by atoms with Gasteiger partial charge in [0.1, 0.15) is 0 Å². The second-order valence-corrected chi connectivity index (χ2v) is 4.74. The van der Waals surface area contributed by atoms with E-state index >= 15 is 0 Å². The summed E-state index contributed by atoms with van der Waals surface area (Å²) < 4.78 is 1.53. The Morgan fingerprint density at radius 2 is 2.11 bits per heavy atom. The zero-order valence-electron chi connectivity index (χ0n) is 11.0. The van der Waals surface area contributed by atoms with E-state index in [1.165, 1.54) is 4.68 Å². The van der Waals surface area contributed by atoms with E-state index in [1.54, 1.807) is 26.1 Å². The lowest BCUT2D eigenvalue weighted by molar-refractivity contribution is 0.102. The molecule has 0 aliphatic heterocycles. The molecule has 0 saturated carbocycles. The second-order valence-electron chi connectivity index (χ2n) is 4.36. The third-order valence-electron chi connectivity index (χ3n) is 2.94. The van der Waals surface area contributed by atoms with Crippen LogP contribution in [0.1, 0.15) is 21.6 Å². The third kappa shape index (κ3) is 2.42. The van der Waals surface area contributed by atoms with Gasteiger partial charge in [0.15, 0.2) is 5.82 Å². The van der Waals surface area contributed by atoms with E-state index in [0.29, 0.717) is 27.8 Å². The van der Waals surface area contributed by atoms with E-state index in [1.807, 2.05) is 13.0 Å². The van der Waals surface area contributed by atoms with Crippen LogP contribution in [0.4, 0.5) is 11.5 Å². The van der Waals surface area contributed by atoms with Crippen LogP contribution in [0.2, 0.25) is 5.02 Å². The molecule has 0 bridgehead atoms. The van der Waals surface area contributed by atoms with Crippen molar-refractivity contribution in [3.05, 3.63) is 40.0 Å². The minimum absolute atomic E-state index is 0.302. The Balaban J connectivity index is 2.34. The number of nitrogens with zero attached hydrogens (tertiary/aromatic N) is 2. The van der Waals surface area contributed by atoms with Crippen LogP contribution in [0.25, 0.3) is 0 Å². The molecule has 1 amide bonds. The zero-order valence-corrected chi connectivity index (χ0v) is 11.7. The van der Waals surface area contributed by atoms with Gasteiger partial charge in [-0.2, -0.15) is 5.10 Å². The monoisotopic (exact) mass is 278 g/mol. The van der Waals surface area contributed by atoms with Crippen molar-refractivity contribution in [2.75, 3.05) is 11.1 Å². The molecule has 5 nitrogen and oxygen atoms in total. The largest absolute Gasteiger partial charge is 0.394 e. The van der Waals surface area contributed by atoms with Crippen molar-refractivity contribution in [3.8, 4) is 0 Å². The molecule has 0 spiro atoms. The van der Waals surface area contributed by atoms with Crippen molar-refractivity contribution in [1.29, 1.82) is 0 Å². The smallest absolute Gasteiger partial charge is 0.258 e. The highest BCUT2D eigenvalue weighted by atomic mass is 35.5. The molecule has 3 N–H and O–H groups in total. The first kappa shape index (κ1) is 13.4. The van der Waals surface area contributed by atoms with Crippen molar-refractivity contribution >= 4 is 29.0 Å². The van der Waals surface area contributed by atoms with Crippen LogP contribution in [0.3, 0.4) is 0 Å². The maximum Gasteiger partial charge on any atom is 0.258 e. The fraction of sp³-hybridized carbons (Fsp3) is 0.231. The highest BCUT2D eigenvalue weighted by Gasteiger charge is 2.16. The van der Waals surface area contributed by atoms with Crippen LogP contribution in [0.5, 0.6) is 0 Å². The van der Waals surface area contributed by atoms with Crippen LogP contribution in [-0.2, 0) is 7.05 Å². The summed E-state index contributed by atoms with van der Waals surface area (Å²) in [5.74, 6) is 0.170. The molecule has 1 aromatic heterocycles. The van der Waals surface area contributed by atoms with Crippen LogP contribution in [-0.4, -0.2) is 15.7 Å². The lowest BCUT2D eigenvalue weighted by Gasteiger charge is -2.09. The maximum atomic E-state index is 12.2. The first-order valence-electron chi connectivity index (χ1n) is 5.77. The van der Waals surface area contributed by atoms with E-state index in [9.17, 15) is 4.79 Å². The van der Waals surface area contributed by atoms with Crippen molar-refractivity contribution in [2.45, 2.75) is 13.8 Å². The number of carbonyl (C=O) groups is 1. The number of rotatable bonds is 2. The number of nitrogens with one attached hydrogen (secondary N) is 1. The van der Waals surface area contributed by atoms with E-state index in [4.69, 9.17) is 17.3 Å². The summed E-state index contributed by atoms with van der Waals surface area (Å²) in [7, 11) is 1.72. The zero-order chi connectivity index (χ0) is 14.2. The van der Waals surface area contributed by atoms with Gasteiger partial charge in [-0.3, -0.25) is 9.48 Å². The number of anilines is 2. The topological polar surface area (TPSA) is 72.9 Å². The summed E-state index contributed by atoms with van der Waals surface area (Å²) in [6.07, 6.45) is 0. The summed E-state index contributed by atoms with van der Waals surface area (Å²) in [5, 5.41) is 7.32. The molecular weight excluding hydrogens is 264 g/mol. The Bertz CT molecular complexity index is 648. The molecule has 0 aliphatic rings. The molecule has 0 unspecified atom stereocenters. The molecule has 1 aromatic carbocycles. The number of halogens is 1. The van der Waals surface area contributed by atoms with E-state index in [0.717, 1.165) is 5.56 Å². The lowest BCUT2D eigenvalue weighted by atomic mass is 10.1. The number of nitrogen functional groups attached to an aromatic ring is 1. The average molecular weight is 279 g/mol. The van der Waals surface area contributed by atoms with E-state index in [-0.39, 0.29) is 5.91 Å². The number of hydrogen-bond donors (Lipinski definition) is 2. The molecule has 0 atom stereocenters. The highest BCUT2D eigenvalue weighted by Crippen LogP contribution is 2.24. The Labute approximate surface area is 116 Å². The van der Waals surface area contributed by atoms with Gasteiger partial charge < -0.3 is 11.1 Å². The van der Waals surface area contributed by atoms with Gasteiger partial charge in [-0.15, -0.1) is 0 Å². The van der Waals surface area contributed by atoms with Gasteiger partial charge >= 0.3 is 0 Å². The summed E-state index contributed by atoms with van der Waals surface area (Å²) in [4.78, 5) is 12.2. The number of benzene rings is 1. The van der Waals surface area contributed by atoms with Crippen LogP contribution in [0.15, 0.2) is 18.2 Å². The minimum atomic E-state index is -0.302. The van der Waals surface area contributed by atoms with Crippen molar-refractivity contribution in [1.82, 2.24) is 9.78 Å². The molecule has 2 aromatic rings. The predicted octanol–water partition coefficient (Wildman–Crippen LogP) is 2.52. The van der Waals surface area contributed by atoms with Crippen molar-refractivity contribution in [2.24, 2.45) is 7.05 Å². The summed E-state index contributed by atoms with van der Waals surface area (Å²) in [5.41, 5.74) is 8.27. The molecule has 2 rings (SSSR count). The van der Waals surface area contributed by atoms with Gasteiger partial charge in [-0.05, 0) is 25.5 Å². The van der Waals surface area contributed by atoms with E-state index < -0.39 is 0 Å². The quantitative estimate of drug-likeness (QED) is 0.886. The minimum Gasteiger partial charge on any atom is -0.394 e. The highest BCUT2D eigenvalue weighted by molar-refractivity contribution is 6.35. The Morgan fingerprint density at radius 3 is 2.68 bits per heavy atom. The van der Waals surface area contributed by atoms with Crippen LogP contribution < -0.4 is 11.1 Å². The Hall–Kier alpha value is -2.01. The van der Waals surface area contributed by atoms with Gasteiger partial charge in [0.05, 0.1) is 22.0 Å². The predicted molar refractivity (Wildman–Crippen MR) is 76.5 cm³/mol. The summed E-state index contributed by atoms with van der Waals surface area (Å²) >= 11 is 6.12. The normalized spacial score (nSPS) is 10.5. The number of carbonyl (C=O) groups excluding carboxylic acids is 1. The lowest BCUT2D eigenvalue weighted by Crippen LogP contribution is -2.16. The molecule has 19 heavy (non-hydrogen) atoms. The van der Waals surface area contributed by atoms with Crippen LogP contribution in [0, 0.1) is 13.8 Å². The van der Waals surface area contributed by atoms with Crippen molar-refractivity contribution < 1.29 is 4.79 Å². The number of aromatic nitrogens is 2. The fourth-order valence-corrected chi connectivity index (χ4v) is 2.03. The Kier molecular flexibility index (Phi) is 3.48. The molecular formula is C13H15ClN4O. The van der Waals surface area contributed by atoms with Gasteiger partial charge in [0.25, 0.3) is 5.91 Å². The molecule has 0 aliphatic carbocycles. The van der Waals surface area contributed by atoms with Gasteiger partial charge in [-0.25, -0.2) is 0 Å².